The van der Waals surface area contributed by atoms with Gasteiger partial charge in [0, 0.05) is 26.6 Å². The molecule has 0 aromatic carbocycles. The van der Waals surface area contributed by atoms with E-state index in [1.165, 1.54) is 13.0 Å². The predicted molar refractivity (Wildman–Crippen MR) is 49.9 cm³/mol. The molecule has 0 amide bonds. The summed E-state index contributed by atoms with van der Waals surface area (Å²) in [6.07, 6.45) is 8.82. The van der Waals surface area contributed by atoms with Crippen molar-refractivity contribution in [1.29, 1.82) is 0 Å². The number of ether oxygens (including phenoxy) is 1. The Morgan fingerprint density at radius 3 is 3.08 bits per heavy atom. The molecule has 1 aliphatic rings. The van der Waals surface area contributed by atoms with Crippen molar-refractivity contribution in [1.82, 2.24) is 4.90 Å². The molecule has 0 aromatic heterocycles. The molecule has 0 N–H and O–H groups in total. The maximum absolute atomic E-state index is 5.27. The number of hydrogen-bond acceptors (Lipinski definition) is 2. The first-order valence-electron chi connectivity index (χ1n) is 4.55. The summed E-state index contributed by atoms with van der Waals surface area (Å²) >= 11 is 0. The van der Waals surface area contributed by atoms with Crippen LogP contribution in [-0.2, 0) is 4.74 Å². The van der Waals surface area contributed by atoms with Gasteiger partial charge in [0.15, 0.2) is 0 Å². The predicted octanol–water partition coefficient (Wildman–Crippen LogP) is 1.12. The second kappa shape index (κ2) is 5.18. The summed E-state index contributed by atoms with van der Waals surface area (Å²) in [5, 5.41) is 0. The summed E-state index contributed by atoms with van der Waals surface area (Å²) in [4.78, 5) is 2.42. The van der Waals surface area contributed by atoms with E-state index >= 15 is 0 Å². The lowest BCUT2D eigenvalue weighted by Crippen LogP contribution is -2.23. The lowest BCUT2D eigenvalue weighted by Gasteiger charge is -2.13. The molecule has 68 valence electrons. The van der Waals surface area contributed by atoms with Crippen LogP contribution in [0.5, 0.6) is 0 Å². The minimum atomic E-state index is 0.454. The average molecular weight is 167 g/mol. The number of hydrogen-bond donors (Lipinski definition) is 0. The summed E-state index contributed by atoms with van der Waals surface area (Å²) in [7, 11) is 1.79. The zero-order valence-electron chi connectivity index (χ0n) is 7.75. The third-order valence-electron chi connectivity index (χ3n) is 2.36. The number of unbranched alkanes of at least 4 members (excludes halogenated alkanes) is 1. The van der Waals surface area contributed by atoms with Crippen LogP contribution < -0.4 is 0 Å². The van der Waals surface area contributed by atoms with Crippen LogP contribution in [0.4, 0.5) is 0 Å². The third-order valence-corrected chi connectivity index (χ3v) is 2.36. The lowest BCUT2D eigenvalue weighted by molar-refractivity contribution is 0.108. The fraction of sp³-hybridized carbons (Fsp3) is 0.800. The van der Waals surface area contributed by atoms with Crippen molar-refractivity contribution in [3.05, 3.63) is 0 Å². The second-order valence-corrected chi connectivity index (χ2v) is 3.25. The van der Waals surface area contributed by atoms with Gasteiger partial charge < -0.3 is 9.64 Å². The highest BCUT2D eigenvalue weighted by atomic mass is 16.5. The summed E-state index contributed by atoms with van der Waals surface area (Å²) < 4.78 is 5.27. The summed E-state index contributed by atoms with van der Waals surface area (Å²) in [6.45, 7) is 3.38. The second-order valence-electron chi connectivity index (χ2n) is 3.25. The molecule has 0 radical (unpaired) electrons. The Morgan fingerprint density at radius 1 is 1.67 bits per heavy atom. The SMILES string of the molecule is C#CCCCN1CCC(OC)C1. The van der Waals surface area contributed by atoms with Crippen molar-refractivity contribution < 1.29 is 4.74 Å². The van der Waals surface area contributed by atoms with Crippen molar-refractivity contribution in [2.24, 2.45) is 0 Å². The number of rotatable bonds is 4. The summed E-state index contributed by atoms with van der Waals surface area (Å²) in [5.41, 5.74) is 0. The zero-order valence-corrected chi connectivity index (χ0v) is 7.75. The standard InChI is InChI=1S/C10H17NO/c1-3-4-5-7-11-8-6-10(9-11)12-2/h1,10H,4-9H2,2H3. The van der Waals surface area contributed by atoms with Gasteiger partial charge in [-0.05, 0) is 19.4 Å². The van der Waals surface area contributed by atoms with Gasteiger partial charge in [0.25, 0.3) is 0 Å². The first-order valence-corrected chi connectivity index (χ1v) is 4.55. The molecule has 12 heavy (non-hydrogen) atoms. The van der Waals surface area contributed by atoms with Crippen LogP contribution in [0.3, 0.4) is 0 Å². The van der Waals surface area contributed by atoms with E-state index in [2.05, 4.69) is 10.8 Å². The van der Waals surface area contributed by atoms with Crippen LogP contribution in [0, 0.1) is 12.3 Å². The Bertz CT molecular complexity index is 162. The highest BCUT2D eigenvalue weighted by Crippen LogP contribution is 2.11. The third kappa shape index (κ3) is 2.84. The monoisotopic (exact) mass is 167 g/mol. The first kappa shape index (κ1) is 9.57. The summed E-state index contributed by atoms with van der Waals surface area (Å²) in [5.74, 6) is 2.66. The highest BCUT2D eigenvalue weighted by molar-refractivity contribution is 4.84. The van der Waals surface area contributed by atoms with Gasteiger partial charge in [0.1, 0.15) is 0 Å². The molecule has 0 saturated carbocycles. The number of nitrogens with zero attached hydrogens (tertiary/aromatic N) is 1. The van der Waals surface area contributed by atoms with Crippen molar-refractivity contribution >= 4 is 0 Å². The zero-order chi connectivity index (χ0) is 8.81. The Hall–Kier alpha value is -0.520. The molecule has 2 heteroatoms. The molecule has 1 atom stereocenters. The van der Waals surface area contributed by atoms with E-state index in [1.807, 2.05) is 0 Å². The van der Waals surface area contributed by atoms with Gasteiger partial charge >= 0.3 is 0 Å². The van der Waals surface area contributed by atoms with Crippen LogP contribution in [-0.4, -0.2) is 37.7 Å². The van der Waals surface area contributed by atoms with E-state index in [0.29, 0.717) is 6.10 Å². The van der Waals surface area contributed by atoms with E-state index in [0.717, 1.165) is 25.9 Å². The Kier molecular flexibility index (Phi) is 4.13. The molecule has 1 heterocycles. The van der Waals surface area contributed by atoms with E-state index < -0.39 is 0 Å². The Balaban J connectivity index is 2.07. The maximum atomic E-state index is 5.27. The van der Waals surface area contributed by atoms with Crippen molar-refractivity contribution in [3.63, 3.8) is 0 Å². The smallest absolute Gasteiger partial charge is 0.0710 e. The lowest BCUT2D eigenvalue weighted by atomic mass is 10.3. The molecular weight excluding hydrogens is 150 g/mol. The first-order chi connectivity index (χ1) is 5.86. The van der Waals surface area contributed by atoms with Gasteiger partial charge in [-0.2, -0.15) is 0 Å². The minimum Gasteiger partial charge on any atom is -0.380 e. The number of terminal acetylenes is 1. The molecule has 0 bridgehead atoms. The van der Waals surface area contributed by atoms with Crippen molar-refractivity contribution in [2.75, 3.05) is 26.7 Å². The van der Waals surface area contributed by atoms with Crippen LogP contribution in [0.1, 0.15) is 19.3 Å². The molecule has 1 fully saturated rings. The van der Waals surface area contributed by atoms with Crippen LogP contribution >= 0.6 is 0 Å². The van der Waals surface area contributed by atoms with Gasteiger partial charge in [0.2, 0.25) is 0 Å². The van der Waals surface area contributed by atoms with Crippen molar-refractivity contribution in [2.45, 2.75) is 25.4 Å². The Morgan fingerprint density at radius 2 is 2.50 bits per heavy atom. The van der Waals surface area contributed by atoms with Crippen molar-refractivity contribution in [3.8, 4) is 12.3 Å². The minimum absolute atomic E-state index is 0.454. The molecule has 0 aliphatic carbocycles. The molecule has 1 rings (SSSR count). The fourth-order valence-electron chi connectivity index (χ4n) is 1.60. The van der Waals surface area contributed by atoms with Gasteiger partial charge in [-0.1, -0.05) is 0 Å². The average Bonchev–Trinajstić information content (AvgIpc) is 2.53. The van der Waals surface area contributed by atoms with E-state index in [1.54, 1.807) is 7.11 Å². The van der Waals surface area contributed by atoms with Crippen LogP contribution in [0.15, 0.2) is 0 Å². The normalized spacial score (nSPS) is 24.2. The molecule has 1 unspecified atom stereocenters. The molecule has 1 saturated heterocycles. The van der Waals surface area contributed by atoms with Gasteiger partial charge in [-0.15, -0.1) is 12.3 Å². The van der Waals surface area contributed by atoms with Crippen LogP contribution in [0.2, 0.25) is 0 Å². The molecule has 0 aromatic rings. The number of likely N-dealkylation sites (tertiary alicyclic amines) is 1. The quantitative estimate of drug-likeness (QED) is 0.459. The topological polar surface area (TPSA) is 12.5 Å². The molecule has 1 aliphatic heterocycles. The van der Waals surface area contributed by atoms with Gasteiger partial charge in [-0.25, -0.2) is 0 Å². The molecule has 2 nitrogen and oxygen atoms in total. The van der Waals surface area contributed by atoms with E-state index in [4.69, 9.17) is 11.2 Å². The largest absolute Gasteiger partial charge is 0.380 e. The Labute approximate surface area is 74.9 Å². The van der Waals surface area contributed by atoms with E-state index in [9.17, 15) is 0 Å². The number of methoxy groups -OCH3 is 1. The maximum Gasteiger partial charge on any atom is 0.0710 e. The fourth-order valence-corrected chi connectivity index (χ4v) is 1.60. The summed E-state index contributed by atoms with van der Waals surface area (Å²) in [6, 6.07) is 0. The molecular formula is C10H17NO. The van der Waals surface area contributed by atoms with Crippen LogP contribution in [0.25, 0.3) is 0 Å². The highest BCUT2D eigenvalue weighted by Gasteiger charge is 2.20. The molecule has 0 spiro atoms. The van der Waals surface area contributed by atoms with Gasteiger partial charge in [-0.3, -0.25) is 0 Å². The van der Waals surface area contributed by atoms with Gasteiger partial charge in [0.05, 0.1) is 6.10 Å². The van der Waals surface area contributed by atoms with E-state index in [-0.39, 0.29) is 0 Å².